The lowest BCUT2D eigenvalue weighted by Gasteiger charge is -2.02. The van der Waals surface area contributed by atoms with Crippen molar-refractivity contribution in [2.75, 3.05) is 0 Å². The second-order valence-electron chi connectivity index (χ2n) is 5.74. The predicted octanol–water partition coefficient (Wildman–Crippen LogP) is 2.36. The van der Waals surface area contributed by atoms with E-state index in [9.17, 15) is 0 Å². The quantitative estimate of drug-likeness (QED) is 0.439. The zero-order chi connectivity index (χ0) is 20.2. The molecular formula is C18H20N8O2S. The van der Waals surface area contributed by atoms with Crippen LogP contribution in [-0.4, -0.2) is 40.4 Å². The summed E-state index contributed by atoms with van der Waals surface area (Å²) in [4.78, 5) is 2.84. The molecule has 1 N–H and O–H groups in total. The van der Waals surface area contributed by atoms with Gasteiger partial charge in [-0.2, -0.15) is 4.80 Å². The number of H-pyrrole nitrogens is 1. The van der Waals surface area contributed by atoms with Gasteiger partial charge in [-0.1, -0.05) is 65.8 Å². The number of hydrogen-bond acceptors (Lipinski definition) is 8. The van der Waals surface area contributed by atoms with E-state index in [1.807, 2.05) is 60.7 Å². The third kappa shape index (κ3) is 7.70. The Labute approximate surface area is 172 Å². The highest BCUT2D eigenvalue weighted by Crippen LogP contribution is 2.01. The van der Waals surface area contributed by atoms with Crippen LogP contribution >= 0.6 is 12.2 Å². The molecule has 0 aliphatic heterocycles. The molecule has 4 aromatic rings. The van der Waals surface area contributed by atoms with Crippen LogP contribution < -0.4 is 0 Å². The van der Waals surface area contributed by atoms with Crippen LogP contribution in [0.25, 0.3) is 0 Å². The van der Waals surface area contributed by atoms with Gasteiger partial charge in [-0.15, -0.1) is 15.0 Å². The molecule has 2 aromatic carbocycles. The summed E-state index contributed by atoms with van der Waals surface area (Å²) in [5, 5.41) is 21.2. The van der Waals surface area contributed by atoms with Crippen LogP contribution in [0.3, 0.4) is 0 Å². The van der Waals surface area contributed by atoms with Crippen molar-refractivity contribution in [3.05, 3.63) is 82.9 Å². The van der Waals surface area contributed by atoms with Crippen molar-refractivity contribution >= 4 is 12.2 Å². The highest BCUT2D eigenvalue weighted by Gasteiger charge is 1.95. The molecule has 0 aliphatic rings. The summed E-state index contributed by atoms with van der Waals surface area (Å²) in [5.74, 6) is 0. The molecule has 0 amide bonds. The zero-order valence-corrected chi connectivity index (χ0v) is 16.4. The van der Waals surface area contributed by atoms with Gasteiger partial charge in [0.1, 0.15) is 0 Å². The minimum Gasteiger partial charge on any atom is -0.353 e. The number of nitrogens with zero attached hydrogens (tertiary/aromatic N) is 7. The Hall–Kier alpha value is -3.28. The molecule has 0 aliphatic carbocycles. The maximum Gasteiger partial charge on any atom is 0.235 e. The van der Waals surface area contributed by atoms with E-state index in [4.69, 9.17) is 21.7 Å². The molecule has 0 bridgehead atoms. The first-order chi connectivity index (χ1) is 14.3. The number of benzene rings is 2. The summed E-state index contributed by atoms with van der Waals surface area (Å²) >= 11 is 4.77. The molecule has 4 rings (SSSR count). The first kappa shape index (κ1) is 20.5. The van der Waals surface area contributed by atoms with Gasteiger partial charge in [-0.25, -0.2) is 0 Å². The third-order valence-corrected chi connectivity index (χ3v) is 3.68. The Morgan fingerprint density at radius 3 is 1.97 bits per heavy atom. The van der Waals surface area contributed by atoms with Gasteiger partial charge in [0.25, 0.3) is 0 Å². The minimum absolute atomic E-state index is 0.318. The number of ether oxygens (including phenoxy) is 2. The molecule has 0 radical (unpaired) electrons. The topological polar surface area (TPSA) is 109 Å². The summed E-state index contributed by atoms with van der Waals surface area (Å²) in [5.41, 5.74) is 2.25. The van der Waals surface area contributed by atoms with Crippen LogP contribution in [0.15, 0.2) is 67.0 Å². The second kappa shape index (κ2) is 11.5. The zero-order valence-electron chi connectivity index (χ0n) is 15.5. The summed E-state index contributed by atoms with van der Waals surface area (Å²) < 4.78 is 11.1. The fourth-order valence-electron chi connectivity index (χ4n) is 2.20. The summed E-state index contributed by atoms with van der Waals surface area (Å²) in [7, 11) is 0. The molecular weight excluding hydrogens is 392 g/mol. The maximum absolute atomic E-state index is 5.40. The van der Waals surface area contributed by atoms with Gasteiger partial charge in [0, 0.05) is 0 Å². The van der Waals surface area contributed by atoms with Gasteiger partial charge in [0.05, 0.1) is 13.2 Å². The number of nitrogens with one attached hydrogen (secondary N) is 1. The largest absolute Gasteiger partial charge is 0.353 e. The van der Waals surface area contributed by atoms with Crippen LogP contribution in [0.2, 0.25) is 0 Å². The smallest absolute Gasteiger partial charge is 0.235 e. The molecule has 2 aromatic heterocycles. The van der Waals surface area contributed by atoms with E-state index in [-0.39, 0.29) is 0 Å². The summed E-state index contributed by atoms with van der Waals surface area (Å²) in [6.07, 6.45) is 1.38. The monoisotopic (exact) mass is 412 g/mol. The molecule has 0 fully saturated rings. The summed E-state index contributed by atoms with van der Waals surface area (Å²) in [6.45, 7) is 1.75. The lowest BCUT2D eigenvalue weighted by Crippen LogP contribution is -2.06. The van der Waals surface area contributed by atoms with Crippen molar-refractivity contribution in [3.8, 4) is 0 Å². The molecule has 0 saturated heterocycles. The number of hydrogen-bond donors (Lipinski definition) is 1. The Morgan fingerprint density at radius 2 is 1.45 bits per heavy atom. The third-order valence-electron chi connectivity index (χ3n) is 3.50. The van der Waals surface area contributed by atoms with Crippen molar-refractivity contribution in [2.45, 2.75) is 26.7 Å². The minimum atomic E-state index is 0.318. The molecule has 0 unspecified atom stereocenters. The van der Waals surface area contributed by atoms with E-state index in [1.165, 1.54) is 15.9 Å². The van der Waals surface area contributed by atoms with Gasteiger partial charge >= 0.3 is 0 Å². The lowest BCUT2D eigenvalue weighted by molar-refractivity contribution is 0.0458. The van der Waals surface area contributed by atoms with Gasteiger partial charge in [0.15, 0.2) is 19.8 Å². The van der Waals surface area contributed by atoms with Gasteiger partial charge in [-0.05, 0) is 33.8 Å². The van der Waals surface area contributed by atoms with E-state index in [1.54, 1.807) is 0 Å². The van der Waals surface area contributed by atoms with Crippen molar-refractivity contribution in [3.63, 3.8) is 0 Å². The average Bonchev–Trinajstić information content (AvgIpc) is 3.42. The first-order valence-corrected chi connectivity index (χ1v) is 9.14. The van der Waals surface area contributed by atoms with Crippen molar-refractivity contribution in [2.24, 2.45) is 0 Å². The van der Waals surface area contributed by atoms with Crippen molar-refractivity contribution in [1.82, 2.24) is 40.4 Å². The molecule has 0 atom stereocenters. The van der Waals surface area contributed by atoms with E-state index < -0.39 is 0 Å². The predicted molar refractivity (Wildman–Crippen MR) is 105 cm³/mol. The standard InChI is InChI=1S/C9H10N4OS.C9H10N4O/c15-9-10-12-13(11-9)7-14-6-8-4-2-1-3-5-8;1-2-4-9(5-3-1)6-14-8-13-11-7-10-12-13/h1-5H,6-7H2,(H,11,15);1-5,7H,6,8H2. The number of aromatic amines is 1. The first-order valence-electron chi connectivity index (χ1n) is 8.73. The average molecular weight is 412 g/mol. The van der Waals surface area contributed by atoms with Crippen LogP contribution in [0, 0.1) is 4.77 Å². The Morgan fingerprint density at radius 1 is 0.828 bits per heavy atom. The van der Waals surface area contributed by atoms with E-state index in [0.717, 1.165) is 11.1 Å². The maximum atomic E-state index is 5.40. The summed E-state index contributed by atoms with van der Waals surface area (Å²) in [6, 6.07) is 19.9. The Bertz CT molecular complexity index is 989. The number of tetrazole rings is 2. The van der Waals surface area contributed by atoms with Crippen molar-refractivity contribution < 1.29 is 9.47 Å². The highest BCUT2D eigenvalue weighted by atomic mass is 32.1. The van der Waals surface area contributed by atoms with Crippen LogP contribution in [0.1, 0.15) is 11.1 Å². The number of aromatic nitrogens is 8. The molecule has 10 nitrogen and oxygen atoms in total. The second-order valence-corrected chi connectivity index (χ2v) is 6.13. The van der Waals surface area contributed by atoms with Crippen LogP contribution in [0.4, 0.5) is 0 Å². The van der Waals surface area contributed by atoms with E-state index >= 15 is 0 Å². The van der Waals surface area contributed by atoms with Gasteiger partial charge in [-0.3, -0.25) is 5.10 Å². The number of rotatable bonds is 8. The van der Waals surface area contributed by atoms with Crippen LogP contribution in [0.5, 0.6) is 0 Å². The lowest BCUT2D eigenvalue weighted by atomic mass is 10.2. The Balaban J connectivity index is 0.000000166. The molecule has 11 heteroatoms. The highest BCUT2D eigenvalue weighted by molar-refractivity contribution is 7.71. The normalized spacial score (nSPS) is 10.3. The SMILES string of the molecule is S=c1nnn(COCc2ccccc2)[nH]1.c1ccc(COCn2ncnn2)cc1. The molecule has 0 spiro atoms. The van der Waals surface area contributed by atoms with E-state index in [0.29, 0.717) is 31.4 Å². The van der Waals surface area contributed by atoms with E-state index in [2.05, 4.69) is 30.8 Å². The van der Waals surface area contributed by atoms with Crippen molar-refractivity contribution in [1.29, 1.82) is 0 Å². The molecule has 0 saturated carbocycles. The van der Waals surface area contributed by atoms with Gasteiger partial charge < -0.3 is 9.47 Å². The fourth-order valence-corrected chi connectivity index (χ4v) is 2.34. The molecule has 150 valence electrons. The molecule has 2 heterocycles. The molecule has 29 heavy (non-hydrogen) atoms. The Kier molecular flexibility index (Phi) is 8.14. The van der Waals surface area contributed by atoms with Gasteiger partial charge in [0.2, 0.25) is 4.77 Å². The van der Waals surface area contributed by atoms with Crippen LogP contribution in [-0.2, 0) is 36.1 Å². The fraction of sp³-hybridized carbons (Fsp3) is 0.222.